The van der Waals surface area contributed by atoms with Gasteiger partial charge in [-0.1, -0.05) is 19.9 Å². The van der Waals surface area contributed by atoms with Crippen molar-refractivity contribution in [2.45, 2.75) is 43.6 Å². The molecule has 0 unspecified atom stereocenters. The average molecular weight is 565 g/mol. The van der Waals surface area contributed by atoms with Crippen molar-refractivity contribution in [3.63, 3.8) is 0 Å². The zero-order chi connectivity index (χ0) is 28.4. The second-order valence-electron chi connectivity index (χ2n) is 9.60. The largest absolute Gasteiger partial charge is 0.416 e. The quantitative estimate of drug-likeness (QED) is 0.171. The van der Waals surface area contributed by atoms with E-state index in [1.807, 2.05) is 24.5 Å². The number of fused-ring (bicyclic) bond motifs is 1. The van der Waals surface area contributed by atoms with Crippen LogP contribution in [0.5, 0.6) is 0 Å². The minimum absolute atomic E-state index is 0.0285. The van der Waals surface area contributed by atoms with Crippen molar-refractivity contribution in [1.29, 1.82) is 0 Å². The second kappa shape index (κ2) is 11.1. The lowest BCUT2D eigenvalue weighted by Gasteiger charge is -2.15. The number of benzene rings is 2. The molecule has 2 aromatic carbocycles. The summed E-state index contributed by atoms with van der Waals surface area (Å²) in [6, 6.07) is 12.3. The minimum Gasteiger partial charge on any atom is -0.381 e. The first-order valence-electron chi connectivity index (χ1n) is 12.6. The molecule has 7 nitrogen and oxygen atoms in total. The number of nitrogens with one attached hydrogen (secondary N) is 3. The first-order valence-corrected chi connectivity index (χ1v) is 13.4. The van der Waals surface area contributed by atoms with Crippen molar-refractivity contribution in [1.82, 2.24) is 19.5 Å². The van der Waals surface area contributed by atoms with Crippen LogP contribution in [-0.4, -0.2) is 30.7 Å². The Labute approximate surface area is 233 Å². The number of aromatic amines is 1. The van der Waals surface area contributed by atoms with E-state index in [1.54, 1.807) is 43.1 Å². The summed E-state index contributed by atoms with van der Waals surface area (Å²) in [7, 11) is 0. The number of imidazole rings is 1. The fraction of sp³-hybridized carbons (Fsp3) is 0.207. The molecule has 0 aliphatic heterocycles. The Balaban J connectivity index is 1.36. The molecule has 0 bridgehead atoms. The van der Waals surface area contributed by atoms with E-state index < -0.39 is 17.6 Å². The molecule has 0 saturated heterocycles. The zero-order valence-corrected chi connectivity index (χ0v) is 22.8. The monoisotopic (exact) mass is 564 g/mol. The fourth-order valence-corrected chi connectivity index (χ4v) is 5.29. The van der Waals surface area contributed by atoms with Gasteiger partial charge < -0.3 is 20.2 Å². The van der Waals surface area contributed by atoms with Gasteiger partial charge in [-0.15, -0.1) is 11.8 Å². The molecule has 0 atom stereocenters. The molecule has 3 N–H and O–H groups in total. The Morgan fingerprint density at radius 3 is 2.65 bits per heavy atom. The van der Waals surface area contributed by atoms with Gasteiger partial charge in [-0.05, 0) is 49.4 Å². The van der Waals surface area contributed by atoms with Crippen LogP contribution in [0, 0.1) is 6.92 Å². The molecule has 5 aromatic rings. The third kappa shape index (κ3) is 6.15. The molecule has 0 saturated carbocycles. The van der Waals surface area contributed by atoms with E-state index >= 15 is 0 Å². The second-order valence-corrected chi connectivity index (χ2v) is 11.2. The van der Waals surface area contributed by atoms with Gasteiger partial charge in [0.2, 0.25) is 0 Å². The van der Waals surface area contributed by atoms with Crippen molar-refractivity contribution >= 4 is 40.1 Å². The summed E-state index contributed by atoms with van der Waals surface area (Å²) in [6.45, 7) is 6.49. The van der Waals surface area contributed by atoms with Crippen molar-refractivity contribution < 1.29 is 18.0 Å². The number of thioether (sulfide) groups is 1. The van der Waals surface area contributed by atoms with Crippen LogP contribution < -0.4 is 10.6 Å². The maximum Gasteiger partial charge on any atom is 0.416 e. The Morgan fingerprint density at radius 2 is 1.93 bits per heavy atom. The molecule has 1 amide bonds. The number of hydrogen-bond donors (Lipinski definition) is 3. The lowest BCUT2D eigenvalue weighted by molar-refractivity contribution is -0.137. The minimum atomic E-state index is -4.58. The molecule has 11 heteroatoms. The molecule has 0 aliphatic rings. The van der Waals surface area contributed by atoms with E-state index in [2.05, 4.69) is 39.4 Å². The normalized spacial score (nSPS) is 11.8. The lowest BCUT2D eigenvalue weighted by atomic mass is 10.1. The van der Waals surface area contributed by atoms with Gasteiger partial charge in [0.1, 0.15) is 5.65 Å². The Bertz CT molecular complexity index is 1670. The first-order chi connectivity index (χ1) is 19.1. The molecular formula is C29H27F3N6OS. The van der Waals surface area contributed by atoms with Gasteiger partial charge in [0, 0.05) is 68.9 Å². The van der Waals surface area contributed by atoms with E-state index in [4.69, 9.17) is 0 Å². The number of aromatic nitrogens is 4. The summed E-state index contributed by atoms with van der Waals surface area (Å²) in [6.07, 6.45) is 2.16. The van der Waals surface area contributed by atoms with Crippen molar-refractivity contribution in [3.05, 3.63) is 95.8 Å². The van der Waals surface area contributed by atoms with Gasteiger partial charge in [-0.2, -0.15) is 13.2 Å². The number of alkyl halides is 3. The highest BCUT2D eigenvalue weighted by Gasteiger charge is 2.31. The van der Waals surface area contributed by atoms with Crippen LogP contribution in [0.15, 0.2) is 78.3 Å². The summed E-state index contributed by atoms with van der Waals surface area (Å²) < 4.78 is 42.3. The number of H-pyrrole nitrogens is 1. The summed E-state index contributed by atoms with van der Waals surface area (Å²) in [5, 5.41) is 7.40. The number of carbonyl (C=O) groups excluding carboxylic acids is 1. The summed E-state index contributed by atoms with van der Waals surface area (Å²) in [5.74, 6) is -0.526. The number of rotatable bonds is 8. The number of halogens is 3. The molecule has 5 rings (SSSR count). The lowest BCUT2D eigenvalue weighted by Crippen LogP contribution is -2.14. The Morgan fingerprint density at radius 1 is 1.10 bits per heavy atom. The van der Waals surface area contributed by atoms with E-state index in [-0.39, 0.29) is 11.4 Å². The Hall–Kier alpha value is -4.25. The number of hydrogen-bond acceptors (Lipinski definition) is 5. The van der Waals surface area contributed by atoms with E-state index in [9.17, 15) is 18.0 Å². The molecule has 0 spiro atoms. The smallest absolute Gasteiger partial charge is 0.381 e. The van der Waals surface area contributed by atoms with Crippen molar-refractivity contribution in [3.8, 4) is 5.69 Å². The first kappa shape index (κ1) is 27.3. The number of aryl methyl sites for hydroxylation is 1. The molecule has 0 aliphatic carbocycles. The van der Waals surface area contributed by atoms with Crippen LogP contribution in [-0.2, 0) is 12.7 Å². The average Bonchev–Trinajstić information content (AvgIpc) is 3.57. The number of anilines is 2. The fourth-order valence-electron chi connectivity index (χ4n) is 4.25. The third-order valence-corrected chi connectivity index (χ3v) is 7.27. The van der Waals surface area contributed by atoms with Gasteiger partial charge in [0.15, 0.2) is 0 Å². The van der Waals surface area contributed by atoms with E-state index in [1.165, 1.54) is 17.0 Å². The highest BCUT2D eigenvalue weighted by atomic mass is 32.2. The molecule has 0 fully saturated rings. The van der Waals surface area contributed by atoms with Crippen LogP contribution in [0.4, 0.5) is 24.5 Å². The molecule has 206 valence electrons. The summed E-state index contributed by atoms with van der Waals surface area (Å²) in [4.78, 5) is 26.0. The molecule has 3 heterocycles. The van der Waals surface area contributed by atoms with Gasteiger partial charge in [0.05, 0.1) is 17.6 Å². The highest BCUT2D eigenvalue weighted by Crippen LogP contribution is 2.34. The van der Waals surface area contributed by atoms with Gasteiger partial charge in [-0.25, -0.2) is 9.97 Å². The van der Waals surface area contributed by atoms with Crippen molar-refractivity contribution in [2.24, 2.45) is 0 Å². The van der Waals surface area contributed by atoms with Crippen LogP contribution >= 0.6 is 11.8 Å². The standard InChI is InChI=1S/C29H27F3N6OS/c1-17(2)40-26-20(14-35-27-25(26)7-8-33-27)13-34-22-6-4-5-19(9-22)28(39)37-23-10-21(29(30,31)32)11-24(12-23)38-15-18(3)36-16-38/h4-12,14-17,34H,13H2,1-3H3,(H,33,35)(H,37,39). The van der Waals surface area contributed by atoms with E-state index in [0.717, 1.165) is 33.6 Å². The van der Waals surface area contributed by atoms with Crippen LogP contribution in [0.2, 0.25) is 0 Å². The number of pyridine rings is 1. The number of nitrogens with zero attached hydrogens (tertiary/aromatic N) is 3. The van der Waals surface area contributed by atoms with Crippen LogP contribution in [0.1, 0.15) is 41.0 Å². The van der Waals surface area contributed by atoms with Gasteiger partial charge in [-0.3, -0.25) is 4.79 Å². The zero-order valence-electron chi connectivity index (χ0n) is 22.0. The van der Waals surface area contributed by atoms with Crippen LogP contribution in [0.25, 0.3) is 16.7 Å². The predicted molar refractivity (Wildman–Crippen MR) is 152 cm³/mol. The molecule has 3 aromatic heterocycles. The maximum absolute atomic E-state index is 13.6. The van der Waals surface area contributed by atoms with Crippen LogP contribution in [0.3, 0.4) is 0 Å². The molecular weight excluding hydrogens is 537 g/mol. The third-order valence-electron chi connectivity index (χ3n) is 6.09. The van der Waals surface area contributed by atoms with Gasteiger partial charge >= 0.3 is 6.18 Å². The molecule has 40 heavy (non-hydrogen) atoms. The van der Waals surface area contributed by atoms with Crippen molar-refractivity contribution in [2.75, 3.05) is 10.6 Å². The summed E-state index contributed by atoms with van der Waals surface area (Å²) in [5.41, 5.74) is 2.90. The SMILES string of the molecule is Cc1cn(-c2cc(NC(=O)c3cccc(NCc4cnc5[nH]ccc5c4SC(C)C)c3)cc(C(F)(F)F)c2)cn1. The topological polar surface area (TPSA) is 87.6 Å². The maximum atomic E-state index is 13.6. The van der Waals surface area contributed by atoms with Gasteiger partial charge in [0.25, 0.3) is 5.91 Å². The molecule has 0 radical (unpaired) electrons. The predicted octanol–water partition coefficient (Wildman–Crippen LogP) is 7.44. The van der Waals surface area contributed by atoms with E-state index in [0.29, 0.717) is 28.7 Å². The Kier molecular flexibility index (Phi) is 7.57. The highest BCUT2D eigenvalue weighted by molar-refractivity contribution is 8.00. The number of carbonyl (C=O) groups is 1. The summed E-state index contributed by atoms with van der Waals surface area (Å²) >= 11 is 1.76. The number of amides is 1.